The van der Waals surface area contributed by atoms with Gasteiger partial charge < -0.3 is 0 Å². The standard InChI is InChI=1S/C15H20N2S/c1-11(2)12-7-5-6-8-13(12)17-14-16-9-15(3,4)10-18-14/h5-9,11H,10H2,1-4H3/b17-14-. The molecule has 0 N–H and O–H groups in total. The molecule has 2 nitrogen and oxygen atoms in total. The molecule has 2 rings (SSSR count). The molecular formula is C15H20N2S. The fourth-order valence-electron chi connectivity index (χ4n) is 1.80. The van der Waals surface area contributed by atoms with Crippen molar-refractivity contribution in [1.82, 2.24) is 0 Å². The first kappa shape index (κ1) is 13.3. The van der Waals surface area contributed by atoms with Crippen molar-refractivity contribution in [3.8, 4) is 0 Å². The van der Waals surface area contributed by atoms with Crippen molar-refractivity contribution in [3.05, 3.63) is 29.8 Å². The van der Waals surface area contributed by atoms with Crippen molar-refractivity contribution in [2.45, 2.75) is 33.6 Å². The first-order chi connectivity index (χ1) is 8.48. The molecular weight excluding hydrogens is 240 g/mol. The van der Waals surface area contributed by atoms with Gasteiger partial charge in [0, 0.05) is 17.4 Å². The van der Waals surface area contributed by atoms with Crippen molar-refractivity contribution in [2.24, 2.45) is 15.4 Å². The van der Waals surface area contributed by atoms with E-state index < -0.39 is 0 Å². The largest absolute Gasteiger partial charge is 0.235 e. The van der Waals surface area contributed by atoms with E-state index in [1.807, 2.05) is 12.3 Å². The fraction of sp³-hybridized carbons (Fsp3) is 0.467. The van der Waals surface area contributed by atoms with Crippen LogP contribution in [0.25, 0.3) is 0 Å². The van der Waals surface area contributed by atoms with Crippen LogP contribution in [-0.4, -0.2) is 17.1 Å². The Morgan fingerprint density at radius 1 is 1.28 bits per heavy atom. The highest BCUT2D eigenvalue weighted by Crippen LogP contribution is 2.30. The molecule has 0 fully saturated rings. The Morgan fingerprint density at radius 2 is 2.00 bits per heavy atom. The van der Waals surface area contributed by atoms with E-state index in [-0.39, 0.29) is 5.41 Å². The van der Waals surface area contributed by atoms with Crippen LogP contribution in [0, 0.1) is 5.41 Å². The molecule has 0 aromatic heterocycles. The molecule has 1 aliphatic rings. The van der Waals surface area contributed by atoms with Gasteiger partial charge in [-0.1, -0.05) is 57.7 Å². The summed E-state index contributed by atoms with van der Waals surface area (Å²) in [5.74, 6) is 1.53. The normalized spacial score (nSPS) is 20.6. The molecule has 0 aliphatic carbocycles. The van der Waals surface area contributed by atoms with E-state index in [1.165, 1.54) is 5.56 Å². The molecule has 1 aromatic rings. The van der Waals surface area contributed by atoms with Crippen LogP contribution in [0.2, 0.25) is 0 Å². The maximum Gasteiger partial charge on any atom is 0.187 e. The Bertz CT molecular complexity index is 487. The second-order valence-corrected chi connectivity index (χ2v) is 6.59. The summed E-state index contributed by atoms with van der Waals surface area (Å²) in [7, 11) is 0. The van der Waals surface area contributed by atoms with E-state index in [2.05, 4.69) is 55.9 Å². The van der Waals surface area contributed by atoms with Crippen LogP contribution in [-0.2, 0) is 0 Å². The molecule has 0 unspecified atom stereocenters. The summed E-state index contributed by atoms with van der Waals surface area (Å²) in [6, 6.07) is 8.31. The van der Waals surface area contributed by atoms with E-state index in [0.29, 0.717) is 5.92 Å². The smallest absolute Gasteiger partial charge is 0.187 e. The first-order valence-electron chi connectivity index (χ1n) is 6.33. The highest BCUT2D eigenvalue weighted by atomic mass is 32.2. The second kappa shape index (κ2) is 5.27. The van der Waals surface area contributed by atoms with Crippen molar-refractivity contribution in [2.75, 3.05) is 5.75 Å². The molecule has 0 bridgehead atoms. The minimum Gasteiger partial charge on any atom is -0.235 e. The lowest BCUT2D eigenvalue weighted by Gasteiger charge is -2.22. The minimum atomic E-state index is 0.182. The average molecular weight is 260 g/mol. The Hall–Kier alpha value is -1.09. The minimum absolute atomic E-state index is 0.182. The lowest BCUT2D eigenvalue weighted by molar-refractivity contribution is 0.619. The number of amidine groups is 1. The van der Waals surface area contributed by atoms with E-state index in [9.17, 15) is 0 Å². The molecule has 3 heteroatoms. The van der Waals surface area contributed by atoms with Crippen molar-refractivity contribution in [1.29, 1.82) is 0 Å². The monoisotopic (exact) mass is 260 g/mol. The molecule has 1 aromatic carbocycles. The Morgan fingerprint density at radius 3 is 2.61 bits per heavy atom. The van der Waals surface area contributed by atoms with Crippen molar-refractivity contribution < 1.29 is 0 Å². The summed E-state index contributed by atoms with van der Waals surface area (Å²) in [6.45, 7) is 8.78. The SMILES string of the molecule is CC(C)c1ccccc1/N=C1/N=CC(C)(C)CS1. The van der Waals surface area contributed by atoms with Gasteiger partial charge in [-0.3, -0.25) is 0 Å². The van der Waals surface area contributed by atoms with E-state index in [1.54, 1.807) is 11.8 Å². The molecule has 0 atom stereocenters. The highest BCUT2D eigenvalue weighted by Gasteiger charge is 2.21. The van der Waals surface area contributed by atoms with Crippen molar-refractivity contribution in [3.63, 3.8) is 0 Å². The van der Waals surface area contributed by atoms with Crippen LogP contribution in [0.15, 0.2) is 34.3 Å². The molecule has 0 radical (unpaired) electrons. The van der Waals surface area contributed by atoms with Gasteiger partial charge in [0.2, 0.25) is 0 Å². The molecule has 1 heterocycles. The number of nitrogens with zero attached hydrogens (tertiary/aromatic N) is 2. The van der Waals surface area contributed by atoms with Crippen LogP contribution < -0.4 is 0 Å². The number of aliphatic imine (C=N–C) groups is 2. The molecule has 96 valence electrons. The summed E-state index contributed by atoms with van der Waals surface area (Å²) in [4.78, 5) is 9.15. The average Bonchev–Trinajstić information content (AvgIpc) is 2.32. The van der Waals surface area contributed by atoms with Gasteiger partial charge in [0.1, 0.15) is 0 Å². The molecule has 0 saturated heterocycles. The van der Waals surface area contributed by atoms with Crippen LogP contribution in [0.3, 0.4) is 0 Å². The predicted octanol–water partition coefficient (Wildman–Crippen LogP) is 4.64. The lowest BCUT2D eigenvalue weighted by Crippen LogP contribution is -2.21. The second-order valence-electron chi connectivity index (χ2n) is 5.64. The number of benzene rings is 1. The highest BCUT2D eigenvalue weighted by molar-refractivity contribution is 8.14. The third-order valence-corrected chi connectivity index (χ3v) is 4.22. The summed E-state index contributed by atoms with van der Waals surface area (Å²) >= 11 is 1.74. The third kappa shape index (κ3) is 3.22. The van der Waals surface area contributed by atoms with Gasteiger partial charge in [-0.25, -0.2) is 9.98 Å². The van der Waals surface area contributed by atoms with Crippen LogP contribution >= 0.6 is 11.8 Å². The van der Waals surface area contributed by atoms with Crippen molar-refractivity contribution >= 4 is 28.8 Å². The number of para-hydroxylation sites is 1. The number of hydrogen-bond donors (Lipinski definition) is 0. The van der Waals surface area contributed by atoms with Gasteiger partial charge in [-0.15, -0.1) is 0 Å². The van der Waals surface area contributed by atoms with Gasteiger partial charge in [0.15, 0.2) is 5.17 Å². The zero-order valence-electron chi connectivity index (χ0n) is 11.5. The molecule has 18 heavy (non-hydrogen) atoms. The maximum absolute atomic E-state index is 4.69. The molecule has 0 saturated carbocycles. The fourth-order valence-corrected chi connectivity index (χ4v) is 2.66. The summed E-state index contributed by atoms with van der Waals surface area (Å²) < 4.78 is 0. The Kier molecular flexibility index (Phi) is 3.91. The van der Waals surface area contributed by atoms with E-state index >= 15 is 0 Å². The molecule has 1 aliphatic heterocycles. The number of thioether (sulfide) groups is 1. The quantitative estimate of drug-likeness (QED) is 0.760. The first-order valence-corrected chi connectivity index (χ1v) is 7.32. The topological polar surface area (TPSA) is 24.7 Å². The summed E-state index contributed by atoms with van der Waals surface area (Å²) in [5, 5.41) is 0.877. The predicted molar refractivity (Wildman–Crippen MR) is 82.4 cm³/mol. The lowest BCUT2D eigenvalue weighted by atomic mass is 9.99. The number of hydrogen-bond acceptors (Lipinski definition) is 2. The van der Waals surface area contributed by atoms with Gasteiger partial charge in [0.25, 0.3) is 0 Å². The summed E-state index contributed by atoms with van der Waals surface area (Å²) in [6.07, 6.45) is 2.01. The van der Waals surface area contributed by atoms with Gasteiger partial charge in [-0.2, -0.15) is 0 Å². The van der Waals surface area contributed by atoms with Crippen LogP contribution in [0.5, 0.6) is 0 Å². The maximum atomic E-state index is 4.69. The third-order valence-electron chi connectivity index (χ3n) is 2.87. The Balaban J connectivity index is 2.29. The summed E-state index contributed by atoms with van der Waals surface area (Å²) in [5.41, 5.74) is 2.51. The molecule has 0 amide bonds. The molecule has 0 spiro atoms. The Labute approximate surface area is 114 Å². The number of rotatable bonds is 2. The van der Waals surface area contributed by atoms with Crippen LogP contribution in [0.4, 0.5) is 5.69 Å². The zero-order valence-corrected chi connectivity index (χ0v) is 12.3. The zero-order chi connectivity index (χ0) is 13.2. The van der Waals surface area contributed by atoms with E-state index in [0.717, 1.165) is 16.6 Å². The van der Waals surface area contributed by atoms with Gasteiger partial charge in [-0.05, 0) is 17.5 Å². The van der Waals surface area contributed by atoms with Gasteiger partial charge in [0.05, 0.1) is 5.69 Å². The van der Waals surface area contributed by atoms with Gasteiger partial charge >= 0.3 is 0 Å². The van der Waals surface area contributed by atoms with Crippen LogP contribution in [0.1, 0.15) is 39.2 Å². The van der Waals surface area contributed by atoms with E-state index in [4.69, 9.17) is 0 Å².